The molecule has 10 heteroatoms. The van der Waals surface area contributed by atoms with Crippen LogP contribution in [0, 0.1) is 12.8 Å². The molecule has 0 aromatic heterocycles. The number of esters is 1. The third kappa shape index (κ3) is 9.05. The fourth-order valence-corrected chi connectivity index (χ4v) is 3.53. The van der Waals surface area contributed by atoms with E-state index in [9.17, 15) is 22.8 Å². The summed E-state index contributed by atoms with van der Waals surface area (Å²) in [6, 6.07) is 4.13. The summed E-state index contributed by atoms with van der Waals surface area (Å²) in [5, 5.41) is 4.48. The van der Waals surface area contributed by atoms with E-state index >= 15 is 0 Å². The fraction of sp³-hybridized carbons (Fsp3) is 0.526. The Morgan fingerprint density at radius 1 is 1.03 bits per heavy atom. The Hall–Kier alpha value is -2.46. The van der Waals surface area contributed by atoms with E-state index in [4.69, 9.17) is 4.74 Å². The van der Waals surface area contributed by atoms with Crippen LogP contribution in [0.5, 0.6) is 0 Å². The summed E-state index contributed by atoms with van der Waals surface area (Å²) in [4.78, 5) is 35.6. The topological polar surface area (TPSA) is 131 Å². The normalized spacial score (nSPS) is 12.5. The fourth-order valence-electron chi connectivity index (χ4n) is 2.33. The second-order valence-electron chi connectivity index (χ2n) is 7.40. The van der Waals surface area contributed by atoms with Gasteiger partial charge in [-0.25, -0.2) is 13.2 Å². The standard InChI is InChI=1S/C19H29N3O6S/c1-12(2)10-16(22-29(26,27)15-8-6-14(5)7-9-15)18(24)28-11-17(23)21-19(25)20-13(3)4/h6-9,12-13,16,22H,10-11H2,1-5H3,(H2,20,21,23,25)/t16-/m1/s1. The van der Waals surface area contributed by atoms with E-state index in [0.717, 1.165) is 5.56 Å². The SMILES string of the molecule is Cc1ccc(S(=O)(=O)N[C@H](CC(C)C)C(=O)OCC(=O)NC(=O)NC(C)C)cc1. The van der Waals surface area contributed by atoms with Crippen LogP contribution >= 0.6 is 0 Å². The van der Waals surface area contributed by atoms with Crippen molar-refractivity contribution in [1.29, 1.82) is 0 Å². The minimum atomic E-state index is -3.95. The van der Waals surface area contributed by atoms with Crippen LogP contribution in [-0.4, -0.2) is 45.0 Å². The highest BCUT2D eigenvalue weighted by Gasteiger charge is 2.28. The van der Waals surface area contributed by atoms with Gasteiger partial charge in [-0.3, -0.25) is 14.9 Å². The molecule has 1 aromatic carbocycles. The van der Waals surface area contributed by atoms with Gasteiger partial charge in [-0.1, -0.05) is 31.5 Å². The number of aryl methyl sites for hydroxylation is 1. The van der Waals surface area contributed by atoms with Crippen molar-refractivity contribution in [2.24, 2.45) is 5.92 Å². The summed E-state index contributed by atoms with van der Waals surface area (Å²) in [7, 11) is -3.95. The van der Waals surface area contributed by atoms with E-state index in [1.807, 2.05) is 26.1 Å². The molecule has 0 aliphatic rings. The van der Waals surface area contributed by atoms with Crippen molar-refractivity contribution >= 4 is 27.9 Å². The molecule has 1 atom stereocenters. The predicted octanol–water partition coefficient (Wildman–Crippen LogP) is 1.47. The largest absolute Gasteiger partial charge is 0.454 e. The second-order valence-corrected chi connectivity index (χ2v) is 9.11. The smallest absolute Gasteiger partial charge is 0.324 e. The Labute approximate surface area is 171 Å². The number of sulfonamides is 1. The molecule has 0 aliphatic heterocycles. The van der Waals surface area contributed by atoms with Crippen molar-refractivity contribution in [3.63, 3.8) is 0 Å². The lowest BCUT2D eigenvalue weighted by Crippen LogP contribution is -2.46. The highest BCUT2D eigenvalue weighted by molar-refractivity contribution is 7.89. The summed E-state index contributed by atoms with van der Waals surface area (Å²) < 4.78 is 32.4. The zero-order chi connectivity index (χ0) is 22.2. The zero-order valence-electron chi connectivity index (χ0n) is 17.3. The van der Waals surface area contributed by atoms with Crippen molar-refractivity contribution in [2.45, 2.75) is 58.0 Å². The van der Waals surface area contributed by atoms with Gasteiger partial charge in [0.2, 0.25) is 10.0 Å². The molecule has 1 aromatic rings. The van der Waals surface area contributed by atoms with E-state index in [1.54, 1.807) is 26.0 Å². The van der Waals surface area contributed by atoms with Crippen LogP contribution < -0.4 is 15.4 Å². The molecule has 0 fully saturated rings. The quantitative estimate of drug-likeness (QED) is 0.512. The number of rotatable bonds is 9. The first kappa shape index (κ1) is 24.6. The maximum absolute atomic E-state index is 12.6. The van der Waals surface area contributed by atoms with Gasteiger partial charge in [-0.05, 0) is 45.2 Å². The molecule has 0 saturated carbocycles. The number of imide groups is 1. The van der Waals surface area contributed by atoms with Crippen molar-refractivity contribution in [3.05, 3.63) is 29.8 Å². The number of hydrogen-bond donors (Lipinski definition) is 3. The molecule has 0 aliphatic carbocycles. The van der Waals surface area contributed by atoms with Gasteiger partial charge in [0.15, 0.2) is 6.61 Å². The molecule has 162 valence electrons. The van der Waals surface area contributed by atoms with Gasteiger partial charge in [0.05, 0.1) is 4.90 Å². The highest BCUT2D eigenvalue weighted by Crippen LogP contribution is 2.14. The van der Waals surface area contributed by atoms with Gasteiger partial charge >= 0.3 is 12.0 Å². The maximum Gasteiger partial charge on any atom is 0.324 e. The number of amides is 3. The Morgan fingerprint density at radius 3 is 2.14 bits per heavy atom. The van der Waals surface area contributed by atoms with Crippen LogP contribution in [0.25, 0.3) is 0 Å². The number of hydrogen-bond acceptors (Lipinski definition) is 6. The molecule has 0 heterocycles. The minimum Gasteiger partial charge on any atom is -0.454 e. The van der Waals surface area contributed by atoms with Gasteiger partial charge in [0, 0.05) is 6.04 Å². The first-order chi connectivity index (χ1) is 13.4. The summed E-state index contributed by atoms with van der Waals surface area (Å²) in [5.41, 5.74) is 0.898. The number of nitrogens with one attached hydrogen (secondary N) is 3. The molecule has 0 radical (unpaired) electrons. The monoisotopic (exact) mass is 427 g/mol. The maximum atomic E-state index is 12.6. The second kappa shape index (κ2) is 10.9. The van der Waals surface area contributed by atoms with Gasteiger partial charge in [-0.15, -0.1) is 0 Å². The lowest BCUT2D eigenvalue weighted by atomic mass is 10.1. The van der Waals surface area contributed by atoms with E-state index in [1.165, 1.54) is 12.1 Å². The minimum absolute atomic E-state index is 0.0149. The van der Waals surface area contributed by atoms with Gasteiger partial charge in [-0.2, -0.15) is 4.72 Å². The van der Waals surface area contributed by atoms with E-state index in [2.05, 4.69) is 10.0 Å². The van der Waals surface area contributed by atoms with Crippen LogP contribution in [0.3, 0.4) is 0 Å². The molecule has 0 saturated heterocycles. The Balaban J connectivity index is 2.76. The van der Waals surface area contributed by atoms with Crippen LogP contribution in [0.4, 0.5) is 4.79 Å². The average Bonchev–Trinajstić information content (AvgIpc) is 2.58. The van der Waals surface area contributed by atoms with Gasteiger partial charge in [0.1, 0.15) is 6.04 Å². The summed E-state index contributed by atoms with van der Waals surface area (Å²) >= 11 is 0. The van der Waals surface area contributed by atoms with Crippen molar-refractivity contribution in [3.8, 4) is 0 Å². The molecule has 0 spiro atoms. The Bertz CT molecular complexity index is 819. The number of ether oxygens (including phenoxy) is 1. The van der Waals surface area contributed by atoms with Gasteiger partial charge < -0.3 is 10.1 Å². The predicted molar refractivity (Wildman–Crippen MR) is 108 cm³/mol. The molecular formula is C19H29N3O6S. The van der Waals surface area contributed by atoms with Crippen LogP contribution in [0.2, 0.25) is 0 Å². The summed E-state index contributed by atoms with van der Waals surface area (Å²) in [6.07, 6.45) is 0.180. The van der Waals surface area contributed by atoms with Gasteiger partial charge in [0.25, 0.3) is 5.91 Å². The lowest BCUT2D eigenvalue weighted by Gasteiger charge is -2.19. The van der Waals surface area contributed by atoms with Crippen molar-refractivity contribution < 1.29 is 27.5 Å². The molecule has 3 amide bonds. The number of carbonyl (C=O) groups is 3. The Kier molecular flexibility index (Phi) is 9.25. The lowest BCUT2D eigenvalue weighted by molar-refractivity contribution is -0.150. The third-order valence-corrected chi connectivity index (χ3v) is 5.13. The molecule has 3 N–H and O–H groups in total. The number of benzene rings is 1. The first-order valence-corrected chi connectivity index (χ1v) is 10.7. The molecule has 29 heavy (non-hydrogen) atoms. The Morgan fingerprint density at radius 2 is 1.62 bits per heavy atom. The number of urea groups is 1. The van der Waals surface area contributed by atoms with E-state index in [-0.39, 0.29) is 23.3 Å². The van der Waals surface area contributed by atoms with E-state index < -0.39 is 40.6 Å². The van der Waals surface area contributed by atoms with E-state index in [0.29, 0.717) is 0 Å². The summed E-state index contributed by atoms with van der Waals surface area (Å²) in [6.45, 7) is 8.22. The molecular weight excluding hydrogens is 398 g/mol. The van der Waals surface area contributed by atoms with Crippen LogP contribution in [0.1, 0.15) is 39.7 Å². The molecule has 0 unspecified atom stereocenters. The zero-order valence-corrected chi connectivity index (χ0v) is 18.1. The molecule has 0 bridgehead atoms. The number of carbonyl (C=O) groups excluding carboxylic acids is 3. The molecule has 1 rings (SSSR count). The van der Waals surface area contributed by atoms with Crippen LogP contribution in [-0.2, 0) is 24.3 Å². The average molecular weight is 428 g/mol. The van der Waals surface area contributed by atoms with Crippen molar-refractivity contribution in [1.82, 2.24) is 15.4 Å². The van der Waals surface area contributed by atoms with Crippen LogP contribution in [0.15, 0.2) is 29.2 Å². The summed E-state index contributed by atoms with van der Waals surface area (Å²) in [5.74, 6) is -1.73. The van der Waals surface area contributed by atoms with Crippen molar-refractivity contribution in [2.75, 3.05) is 6.61 Å². The highest BCUT2D eigenvalue weighted by atomic mass is 32.2. The molecule has 9 nitrogen and oxygen atoms in total. The first-order valence-electron chi connectivity index (χ1n) is 9.26. The third-order valence-electron chi connectivity index (χ3n) is 3.64.